The van der Waals surface area contributed by atoms with Crippen LogP contribution in [-0.2, 0) is 19.5 Å². The standard InChI is InChI=1S/C16H26N2O6S/c1-4-22-11-7-10-17-25(20,21)13-8-9-15(23-5-2)14(12-13)18-16(19)24-6-3/h8-9,12,17H,4-7,10-11H2,1-3H3,(H,18,19). The molecule has 1 aromatic carbocycles. The molecule has 0 unspecified atom stereocenters. The van der Waals surface area contributed by atoms with Crippen LogP contribution in [0.3, 0.4) is 0 Å². The van der Waals surface area contributed by atoms with Crippen LogP contribution in [0.2, 0.25) is 0 Å². The zero-order valence-corrected chi connectivity index (χ0v) is 15.6. The Morgan fingerprint density at radius 2 is 1.88 bits per heavy atom. The number of carbonyl (C=O) groups is 1. The summed E-state index contributed by atoms with van der Waals surface area (Å²) in [5.74, 6) is 0.367. The van der Waals surface area contributed by atoms with Crippen molar-refractivity contribution in [3.8, 4) is 5.75 Å². The summed E-state index contributed by atoms with van der Waals surface area (Å²) in [5, 5.41) is 2.49. The molecule has 0 spiro atoms. The zero-order valence-electron chi connectivity index (χ0n) is 14.8. The number of anilines is 1. The Morgan fingerprint density at radius 3 is 2.52 bits per heavy atom. The van der Waals surface area contributed by atoms with Gasteiger partial charge in [-0.15, -0.1) is 0 Å². The molecule has 0 aliphatic carbocycles. The number of sulfonamides is 1. The highest BCUT2D eigenvalue weighted by Crippen LogP contribution is 2.28. The van der Waals surface area contributed by atoms with Crippen LogP contribution in [0.25, 0.3) is 0 Å². The average molecular weight is 374 g/mol. The Balaban J connectivity index is 2.89. The summed E-state index contributed by atoms with van der Waals surface area (Å²) in [5.41, 5.74) is 0.234. The summed E-state index contributed by atoms with van der Waals surface area (Å²) in [6.45, 7) is 7.26. The Labute approximate surface area is 148 Å². The summed E-state index contributed by atoms with van der Waals surface area (Å²) in [4.78, 5) is 11.7. The number of nitrogens with one attached hydrogen (secondary N) is 2. The van der Waals surface area contributed by atoms with E-state index in [0.717, 1.165) is 0 Å². The van der Waals surface area contributed by atoms with Gasteiger partial charge in [-0.2, -0.15) is 0 Å². The summed E-state index contributed by atoms with van der Waals surface area (Å²) < 4.78 is 42.6. The topological polar surface area (TPSA) is 103 Å². The molecule has 2 N–H and O–H groups in total. The van der Waals surface area contributed by atoms with E-state index in [4.69, 9.17) is 14.2 Å². The van der Waals surface area contributed by atoms with E-state index in [1.165, 1.54) is 18.2 Å². The van der Waals surface area contributed by atoms with Crippen LogP contribution in [0.4, 0.5) is 10.5 Å². The van der Waals surface area contributed by atoms with Crippen LogP contribution in [-0.4, -0.2) is 47.5 Å². The Bertz CT molecular complexity index is 648. The maximum absolute atomic E-state index is 12.4. The molecule has 142 valence electrons. The number of ether oxygens (including phenoxy) is 3. The quantitative estimate of drug-likeness (QED) is 0.577. The number of carbonyl (C=O) groups excluding carboxylic acids is 1. The molecule has 1 amide bonds. The van der Waals surface area contributed by atoms with Crippen molar-refractivity contribution in [2.75, 3.05) is 38.3 Å². The molecule has 0 aliphatic heterocycles. The van der Waals surface area contributed by atoms with E-state index in [-0.39, 0.29) is 23.7 Å². The fraction of sp³-hybridized carbons (Fsp3) is 0.562. The number of hydrogen-bond acceptors (Lipinski definition) is 6. The largest absolute Gasteiger partial charge is 0.492 e. The fourth-order valence-corrected chi connectivity index (χ4v) is 3.04. The molecule has 0 bridgehead atoms. The molecular formula is C16H26N2O6S. The number of amides is 1. The molecule has 0 heterocycles. The van der Waals surface area contributed by atoms with Crippen molar-refractivity contribution in [2.24, 2.45) is 0 Å². The zero-order chi connectivity index (χ0) is 18.7. The number of hydrogen-bond donors (Lipinski definition) is 2. The van der Waals surface area contributed by atoms with Crippen molar-refractivity contribution < 1.29 is 27.4 Å². The smallest absolute Gasteiger partial charge is 0.411 e. The van der Waals surface area contributed by atoms with Crippen LogP contribution < -0.4 is 14.8 Å². The van der Waals surface area contributed by atoms with Gasteiger partial charge < -0.3 is 14.2 Å². The van der Waals surface area contributed by atoms with Crippen molar-refractivity contribution in [3.63, 3.8) is 0 Å². The van der Waals surface area contributed by atoms with Gasteiger partial charge in [0.05, 0.1) is 23.8 Å². The lowest BCUT2D eigenvalue weighted by molar-refractivity contribution is 0.146. The monoisotopic (exact) mass is 374 g/mol. The molecule has 0 fully saturated rings. The molecule has 1 aromatic rings. The number of benzene rings is 1. The van der Waals surface area contributed by atoms with E-state index in [1.807, 2.05) is 6.92 Å². The van der Waals surface area contributed by atoms with Gasteiger partial charge in [-0.05, 0) is 45.4 Å². The van der Waals surface area contributed by atoms with Gasteiger partial charge in [0.2, 0.25) is 10.0 Å². The van der Waals surface area contributed by atoms with Crippen LogP contribution in [0.5, 0.6) is 5.75 Å². The fourth-order valence-electron chi connectivity index (χ4n) is 1.94. The minimum absolute atomic E-state index is 0.0270. The predicted octanol–water partition coefficient (Wildman–Crippen LogP) is 2.36. The summed E-state index contributed by atoms with van der Waals surface area (Å²) in [7, 11) is -3.70. The molecule has 9 heteroatoms. The Hall–Kier alpha value is -1.84. The van der Waals surface area contributed by atoms with Crippen molar-refractivity contribution in [2.45, 2.75) is 32.1 Å². The SMILES string of the molecule is CCOCCCNS(=O)(=O)c1ccc(OCC)c(NC(=O)OCC)c1. The lowest BCUT2D eigenvalue weighted by atomic mass is 10.3. The molecular weight excluding hydrogens is 348 g/mol. The first-order chi connectivity index (χ1) is 11.9. The highest BCUT2D eigenvalue weighted by atomic mass is 32.2. The second-order valence-corrected chi connectivity index (χ2v) is 6.65. The van der Waals surface area contributed by atoms with Crippen molar-refractivity contribution in [3.05, 3.63) is 18.2 Å². The third-order valence-corrected chi connectivity index (χ3v) is 4.49. The molecule has 0 saturated heterocycles. The van der Waals surface area contributed by atoms with E-state index >= 15 is 0 Å². The number of rotatable bonds is 11. The van der Waals surface area contributed by atoms with Gasteiger partial charge in [0.15, 0.2) is 0 Å². The molecule has 0 aromatic heterocycles. The third kappa shape index (κ3) is 7.29. The first-order valence-corrected chi connectivity index (χ1v) is 9.70. The van der Waals surface area contributed by atoms with E-state index in [2.05, 4.69) is 10.0 Å². The summed E-state index contributed by atoms with van der Waals surface area (Å²) in [6.07, 6.45) is -0.111. The maximum Gasteiger partial charge on any atom is 0.411 e. The first kappa shape index (κ1) is 21.2. The Kier molecular flexibility index (Phi) is 9.25. The van der Waals surface area contributed by atoms with E-state index in [0.29, 0.717) is 32.0 Å². The second-order valence-electron chi connectivity index (χ2n) is 4.88. The van der Waals surface area contributed by atoms with Gasteiger partial charge in [0.25, 0.3) is 0 Å². The normalized spacial score (nSPS) is 11.2. The third-order valence-electron chi connectivity index (χ3n) is 3.03. The molecule has 0 atom stereocenters. The molecule has 0 aliphatic rings. The summed E-state index contributed by atoms with van der Waals surface area (Å²) in [6, 6.07) is 4.26. The van der Waals surface area contributed by atoms with E-state index < -0.39 is 16.1 Å². The minimum atomic E-state index is -3.70. The van der Waals surface area contributed by atoms with Gasteiger partial charge >= 0.3 is 6.09 Å². The van der Waals surface area contributed by atoms with Gasteiger partial charge in [-0.25, -0.2) is 17.9 Å². The molecule has 1 rings (SSSR count). The highest BCUT2D eigenvalue weighted by molar-refractivity contribution is 7.89. The van der Waals surface area contributed by atoms with E-state index in [1.54, 1.807) is 13.8 Å². The molecule has 0 radical (unpaired) electrons. The van der Waals surface area contributed by atoms with Crippen LogP contribution >= 0.6 is 0 Å². The maximum atomic E-state index is 12.4. The van der Waals surface area contributed by atoms with Crippen molar-refractivity contribution >= 4 is 21.8 Å². The van der Waals surface area contributed by atoms with Crippen LogP contribution in [0, 0.1) is 0 Å². The van der Waals surface area contributed by atoms with E-state index in [9.17, 15) is 13.2 Å². The Morgan fingerprint density at radius 1 is 1.12 bits per heavy atom. The predicted molar refractivity (Wildman–Crippen MR) is 94.6 cm³/mol. The van der Waals surface area contributed by atoms with Gasteiger partial charge in [0.1, 0.15) is 5.75 Å². The average Bonchev–Trinajstić information content (AvgIpc) is 2.56. The van der Waals surface area contributed by atoms with Gasteiger partial charge in [-0.1, -0.05) is 0 Å². The van der Waals surface area contributed by atoms with Crippen molar-refractivity contribution in [1.82, 2.24) is 4.72 Å². The molecule has 0 saturated carbocycles. The highest BCUT2D eigenvalue weighted by Gasteiger charge is 2.17. The van der Waals surface area contributed by atoms with Crippen LogP contribution in [0.15, 0.2) is 23.1 Å². The molecule has 25 heavy (non-hydrogen) atoms. The van der Waals surface area contributed by atoms with Gasteiger partial charge in [-0.3, -0.25) is 5.32 Å². The second kappa shape index (κ2) is 10.9. The minimum Gasteiger partial charge on any atom is -0.492 e. The summed E-state index contributed by atoms with van der Waals surface area (Å²) >= 11 is 0. The van der Waals surface area contributed by atoms with Crippen LogP contribution in [0.1, 0.15) is 27.2 Å². The first-order valence-electron chi connectivity index (χ1n) is 8.22. The lowest BCUT2D eigenvalue weighted by Crippen LogP contribution is -2.26. The molecule has 8 nitrogen and oxygen atoms in total. The lowest BCUT2D eigenvalue weighted by Gasteiger charge is -2.14. The van der Waals surface area contributed by atoms with Crippen molar-refractivity contribution in [1.29, 1.82) is 0 Å². The van der Waals surface area contributed by atoms with Gasteiger partial charge in [0, 0.05) is 19.8 Å².